The van der Waals surface area contributed by atoms with Crippen LogP contribution >= 0.6 is 0 Å². The van der Waals surface area contributed by atoms with Gasteiger partial charge in [0.2, 0.25) is 0 Å². The lowest BCUT2D eigenvalue weighted by Crippen LogP contribution is -2.37. The minimum absolute atomic E-state index is 0.511. The van der Waals surface area contributed by atoms with E-state index in [0.29, 0.717) is 6.54 Å². The molecule has 0 spiro atoms. The fourth-order valence-corrected chi connectivity index (χ4v) is 0.973. The van der Waals surface area contributed by atoms with Crippen molar-refractivity contribution < 1.29 is 0 Å². The summed E-state index contributed by atoms with van der Waals surface area (Å²) in [6.07, 6.45) is 2.13. The molecule has 2 N–H and O–H groups in total. The number of nitrogens with one attached hydrogen (secondary N) is 2. The number of aryl methyl sites for hydroxylation is 1. The Balaban J connectivity index is 2.72. The average molecular weight is 184 g/mol. The van der Waals surface area contributed by atoms with Crippen molar-refractivity contribution in [1.82, 2.24) is 20.1 Å². The van der Waals surface area contributed by atoms with Gasteiger partial charge in [0.05, 0.1) is 0 Å². The predicted molar refractivity (Wildman–Crippen MR) is 47.7 cm³/mol. The summed E-state index contributed by atoms with van der Waals surface area (Å²) in [5.41, 5.74) is -1.22. The van der Waals surface area contributed by atoms with Gasteiger partial charge in [-0.1, -0.05) is 0 Å². The standard InChI is InChI=1S/C7H12N4O2/c1-8-3-2-4-11-5-9-10-6(12)7(11)13/h5,8H,2-4H2,1H3,(H,10,12). The molecule has 6 heteroatoms. The van der Waals surface area contributed by atoms with Crippen LogP contribution in [0.2, 0.25) is 0 Å². The van der Waals surface area contributed by atoms with Gasteiger partial charge in [-0.3, -0.25) is 14.2 Å². The lowest BCUT2D eigenvalue weighted by molar-refractivity contribution is 0.575. The quantitative estimate of drug-likeness (QED) is 0.443. The maximum atomic E-state index is 11.1. The zero-order chi connectivity index (χ0) is 9.68. The van der Waals surface area contributed by atoms with Crippen LogP contribution in [0.5, 0.6) is 0 Å². The van der Waals surface area contributed by atoms with Crippen LogP contribution in [-0.4, -0.2) is 28.4 Å². The molecule has 0 saturated carbocycles. The molecular formula is C7H12N4O2. The molecule has 0 saturated heterocycles. The summed E-state index contributed by atoms with van der Waals surface area (Å²) in [6.45, 7) is 1.32. The van der Waals surface area contributed by atoms with E-state index in [1.54, 1.807) is 0 Å². The summed E-state index contributed by atoms with van der Waals surface area (Å²) in [4.78, 5) is 21.9. The van der Waals surface area contributed by atoms with Gasteiger partial charge in [-0.25, -0.2) is 5.10 Å². The summed E-state index contributed by atoms with van der Waals surface area (Å²) in [5.74, 6) is 0. The van der Waals surface area contributed by atoms with Gasteiger partial charge in [0.15, 0.2) is 0 Å². The normalized spacial score (nSPS) is 10.2. The summed E-state index contributed by atoms with van der Waals surface area (Å²) < 4.78 is 1.30. The molecule has 0 atom stereocenters. The molecule has 0 amide bonds. The molecule has 72 valence electrons. The molecular weight excluding hydrogens is 172 g/mol. The summed E-state index contributed by atoms with van der Waals surface area (Å²) in [5, 5.41) is 8.55. The maximum Gasteiger partial charge on any atom is 0.330 e. The first-order valence-corrected chi connectivity index (χ1v) is 4.04. The Bertz CT molecular complexity index is 367. The molecule has 0 radical (unpaired) electrons. The van der Waals surface area contributed by atoms with E-state index in [1.807, 2.05) is 7.05 Å². The summed E-state index contributed by atoms with van der Waals surface area (Å²) in [7, 11) is 1.83. The third-order valence-electron chi connectivity index (χ3n) is 1.64. The molecule has 0 aliphatic carbocycles. The average Bonchev–Trinajstić information content (AvgIpc) is 2.13. The van der Waals surface area contributed by atoms with Crippen LogP contribution in [0.4, 0.5) is 0 Å². The molecule has 0 aliphatic heterocycles. The predicted octanol–water partition coefficient (Wildman–Crippen LogP) is -1.46. The maximum absolute atomic E-state index is 11.1. The first-order valence-electron chi connectivity index (χ1n) is 4.04. The van der Waals surface area contributed by atoms with E-state index in [1.165, 1.54) is 10.9 Å². The van der Waals surface area contributed by atoms with Gasteiger partial charge in [0.25, 0.3) is 0 Å². The lowest BCUT2D eigenvalue weighted by atomic mass is 10.4. The highest BCUT2D eigenvalue weighted by atomic mass is 16.2. The van der Waals surface area contributed by atoms with Crippen LogP contribution in [0.1, 0.15) is 6.42 Å². The van der Waals surface area contributed by atoms with Crippen molar-refractivity contribution in [2.75, 3.05) is 13.6 Å². The number of H-pyrrole nitrogens is 1. The number of rotatable bonds is 4. The second-order valence-electron chi connectivity index (χ2n) is 2.64. The third kappa shape index (κ3) is 2.51. The smallest absolute Gasteiger partial charge is 0.320 e. The molecule has 0 aromatic carbocycles. The third-order valence-corrected chi connectivity index (χ3v) is 1.64. The van der Waals surface area contributed by atoms with E-state index in [0.717, 1.165) is 13.0 Å². The van der Waals surface area contributed by atoms with Crippen LogP contribution in [0.3, 0.4) is 0 Å². The van der Waals surface area contributed by atoms with Gasteiger partial charge in [0.1, 0.15) is 6.33 Å². The molecule has 1 aromatic rings. The highest BCUT2D eigenvalue weighted by Crippen LogP contribution is 1.80. The van der Waals surface area contributed by atoms with Crippen molar-refractivity contribution in [3.05, 3.63) is 27.0 Å². The molecule has 6 nitrogen and oxygen atoms in total. The Hall–Kier alpha value is -1.43. The van der Waals surface area contributed by atoms with Crippen molar-refractivity contribution in [2.45, 2.75) is 13.0 Å². The molecule has 0 aliphatic rings. The molecule has 13 heavy (non-hydrogen) atoms. The Morgan fingerprint density at radius 1 is 1.62 bits per heavy atom. The first-order chi connectivity index (χ1) is 6.25. The van der Waals surface area contributed by atoms with Crippen molar-refractivity contribution in [2.24, 2.45) is 0 Å². The highest BCUT2D eigenvalue weighted by Gasteiger charge is 1.98. The number of nitrogens with zero attached hydrogens (tertiary/aromatic N) is 2. The number of hydrogen-bond acceptors (Lipinski definition) is 4. The van der Waals surface area contributed by atoms with E-state index < -0.39 is 11.1 Å². The van der Waals surface area contributed by atoms with E-state index in [9.17, 15) is 9.59 Å². The monoisotopic (exact) mass is 184 g/mol. The van der Waals surface area contributed by atoms with Gasteiger partial charge in [-0.15, -0.1) is 0 Å². The van der Waals surface area contributed by atoms with Crippen LogP contribution in [0.15, 0.2) is 15.9 Å². The Morgan fingerprint density at radius 2 is 2.38 bits per heavy atom. The molecule has 0 fully saturated rings. The zero-order valence-corrected chi connectivity index (χ0v) is 7.41. The van der Waals surface area contributed by atoms with E-state index in [2.05, 4.69) is 15.5 Å². The van der Waals surface area contributed by atoms with Crippen molar-refractivity contribution in [1.29, 1.82) is 0 Å². The minimum Gasteiger partial charge on any atom is -0.320 e. The second kappa shape index (κ2) is 4.56. The number of aromatic nitrogens is 3. The highest BCUT2D eigenvalue weighted by molar-refractivity contribution is 4.74. The first kappa shape index (κ1) is 9.66. The van der Waals surface area contributed by atoms with Gasteiger partial charge < -0.3 is 5.32 Å². The Morgan fingerprint density at radius 3 is 3.08 bits per heavy atom. The molecule has 1 heterocycles. The van der Waals surface area contributed by atoms with Crippen molar-refractivity contribution in [3.63, 3.8) is 0 Å². The molecule has 1 rings (SSSR count). The van der Waals surface area contributed by atoms with Crippen LogP contribution < -0.4 is 16.4 Å². The molecule has 1 aromatic heterocycles. The van der Waals surface area contributed by atoms with Crippen LogP contribution in [0.25, 0.3) is 0 Å². The Kier molecular flexibility index (Phi) is 3.39. The SMILES string of the molecule is CNCCCn1cn[nH]c(=O)c1=O. The van der Waals surface area contributed by atoms with Crippen molar-refractivity contribution in [3.8, 4) is 0 Å². The number of hydrogen-bond donors (Lipinski definition) is 2. The fraction of sp³-hybridized carbons (Fsp3) is 0.571. The van der Waals surface area contributed by atoms with E-state index in [4.69, 9.17) is 0 Å². The minimum atomic E-state index is -0.674. The summed E-state index contributed by atoms with van der Waals surface area (Å²) in [6, 6.07) is 0. The lowest BCUT2D eigenvalue weighted by Gasteiger charge is -2.01. The topological polar surface area (TPSA) is 79.8 Å². The van der Waals surface area contributed by atoms with Crippen LogP contribution in [-0.2, 0) is 6.54 Å². The number of aromatic amines is 1. The van der Waals surface area contributed by atoms with Gasteiger partial charge >= 0.3 is 11.1 Å². The van der Waals surface area contributed by atoms with Crippen molar-refractivity contribution >= 4 is 0 Å². The largest absolute Gasteiger partial charge is 0.330 e. The molecule has 0 bridgehead atoms. The van der Waals surface area contributed by atoms with Gasteiger partial charge in [0, 0.05) is 6.54 Å². The second-order valence-corrected chi connectivity index (χ2v) is 2.64. The summed E-state index contributed by atoms with van der Waals surface area (Å²) >= 11 is 0. The zero-order valence-electron chi connectivity index (χ0n) is 7.41. The van der Waals surface area contributed by atoms with Gasteiger partial charge in [-0.2, -0.15) is 5.10 Å². The molecule has 0 unspecified atom stereocenters. The fourth-order valence-electron chi connectivity index (χ4n) is 0.973. The Labute approximate surface area is 74.6 Å². The van der Waals surface area contributed by atoms with Gasteiger partial charge in [-0.05, 0) is 20.0 Å². The van der Waals surface area contributed by atoms with Crippen LogP contribution in [0, 0.1) is 0 Å². The van der Waals surface area contributed by atoms with E-state index >= 15 is 0 Å². The van der Waals surface area contributed by atoms with E-state index in [-0.39, 0.29) is 0 Å².